The van der Waals surface area contributed by atoms with Crippen LogP contribution in [0.1, 0.15) is 6.42 Å². The third-order valence-electron chi connectivity index (χ3n) is 2.58. The maximum Gasteiger partial charge on any atom is 0.238 e. The first-order chi connectivity index (χ1) is 9.86. The number of rotatable bonds is 5. The van der Waals surface area contributed by atoms with E-state index >= 15 is 0 Å². The first-order valence-electron chi connectivity index (χ1n) is 5.82. The van der Waals surface area contributed by atoms with Crippen LogP contribution in [0.3, 0.4) is 0 Å². The van der Waals surface area contributed by atoms with Crippen LogP contribution in [-0.2, 0) is 21.4 Å². The Bertz CT molecular complexity index is 745. The van der Waals surface area contributed by atoms with Crippen LogP contribution in [-0.4, -0.2) is 29.3 Å². The summed E-state index contributed by atoms with van der Waals surface area (Å²) in [6.07, 6.45) is 3.40. The molecule has 1 amide bonds. The zero-order valence-electron chi connectivity index (χ0n) is 10.7. The number of aromatic nitrogens is 3. The van der Waals surface area contributed by atoms with Crippen molar-refractivity contribution in [3.05, 3.63) is 35.1 Å². The molecule has 0 atom stereocenters. The van der Waals surface area contributed by atoms with Crippen LogP contribution in [0.4, 0.5) is 5.69 Å². The number of nitrogens with one attached hydrogen (secondary N) is 1. The predicted octanol–water partition coefficient (Wildman–Crippen LogP) is 0.717. The number of hydrogen-bond donors (Lipinski definition) is 2. The molecule has 1 heterocycles. The molecule has 8 nitrogen and oxygen atoms in total. The Labute approximate surface area is 129 Å². The quantitative estimate of drug-likeness (QED) is 0.799. The van der Waals surface area contributed by atoms with Crippen molar-refractivity contribution in [2.75, 3.05) is 5.32 Å². The number of benzene rings is 1. The van der Waals surface area contributed by atoms with Gasteiger partial charge in [-0.1, -0.05) is 5.21 Å². The summed E-state index contributed by atoms with van der Waals surface area (Å²) in [4.78, 5) is 11.8. The zero-order valence-corrected chi connectivity index (χ0v) is 13.1. The fraction of sp³-hybridized carbons (Fsp3) is 0.182. The summed E-state index contributed by atoms with van der Waals surface area (Å²) < 4.78 is 24.4. The molecular formula is C11H12BrN5O3S. The van der Waals surface area contributed by atoms with E-state index in [-0.39, 0.29) is 17.2 Å². The Hall–Kier alpha value is -1.78. The van der Waals surface area contributed by atoms with Gasteiger partial charge in [-0.15, -0.1) is 5.10 Å². The Morgan fingerprint density at radius 3 is 2.76 bits per heavy atom. The highest BCUT2D eigenvalue weighted by atomic mass is 79.9. The van der Waals surface area contributed by atoms with E-state index in [0.717, 1.165) is 0 Å². The minimum Gasteiger partial charge on any atom is -0.325 e. The van der Waals surface area contributed by atoms with E-state index in [2.05, 4.69) is 31.6 Å². The molecule has 112 valence electrons. The smallest absolute Gasteiger partial charge is 0.238 e. The van der Waals surface area contributed by atoms with Gasteiger partial charge in [0.1, 0.15) is 0 Å². The van der Waals surface area contributed by atoms with Crippen molar-refractivity contribution in [1.82, 2.24) is 15.0 Å². The fourth-order valence-electron chi connectivity index (χ4n) is 1.55. The average Bonchev–Trinajstić information content (AvgIpc) is 2.91. The van der Waals surface area contributed by atoms with E-state index in [1.807, 2.05) is 0 Å². The molecule has 0 saturated heterocycles. The molecule has 0 aliphatic rings. The third-order valence-corrected chi connectivity index (χ3v) is 4.15. The van der Waals surface area contributed by atoms with E-state index in [4.69, 9.17) is 5.14 Å². The number of hydrogen-bond acceptors (Lipinski definition) is 5. The summed E-state index contributed by atoms with van der Waals surface area (Å²) >= 11 is 3.20. The summed E-state index contributed by atoms with van der Waals surface area (Å²) in [5, 5.41) is 15.1. The number of carbonyl (C=O) groups is 1. The second kappa shape index (κ2) is 6.33. The van der Waals surface area contributed by atoms with Crippen LogP contribution in [0.15, 0.2) is 40.0 Å². The molecule has 0 radical (unpaired) electrons. The minimum atomic E-state index is -3.77. The van der Waals surface area contributed by atoms with Gasteiger partial charge in [0.05, 0.1) is 23.3 Å². The second-order valence-corrected chi connectivity index (χ2v) is 6.57. The van der Waals surface area contributed by atoms with Gasteiger partial charge in [-0.2, -0.15) is 0 Å². The average molecular weight is 374 g/mol. The van der Waals surface area contributed by atoms with Gasteiger partial charge in [0, 0.05) is 17.1 Å². The number of carbonyl (C=O) groups excluding carboxylic acids is 1. The van der Waals surface area contributed by atoms with E-state index in [1.165, 1.54) is 24.4 Å². The van der Waals surface area contributed by atoms with Crippen molar-refractivity contribution in [1.29, 1.82) is 0 Å². The number of amides is 1. The number of nitrogens with two attached hydrogens (primary N) is 1. The lowest BCUT2D eigenvalue weighted by atomic mass is 10.3. The summed E-state index contributed by atoms with van der Waals surface area (Å²) in [6.45, 7) is 0.402. The van der Waals surface area contributed by atoms with Gasteiger partial charge in [0.15, 0.2) is 0 Å². The molecule has 0 bridgehead atoms. The Kier molecular flexibility index (Phi) is 4.70. The molecule has 21 heavy (non-hydrogen) atoms. The van der Waals surface area contributed by atoms with Crippen LogP contribution >= 0.6 is 15.9 Å². The zero-order chi connectivity index (χ0) is 15.5. The molecule has 0 aliphatic heterocycles. The lowest BCUT2D eigenvalue weighted by molar-refractivity contribution is -0.116. The molecule has 0 spiro atoms. The van der Waals surface area contributed by atoms with Crippen molar-refractivity contribution in [3.8, 4) is 0 Å². The highest BCUT2D eigenvalue weighted by Gasteiger charge is 2.12. The number of primary sulfonamides is 1. The summed E-state index contributed by atoms with van der Waals surface area (Å²) in [5.74, 6) is -0.227. The molecule has 0 fully saturated rings. The molecule has 2 rings (SSSR count). The van der Waals surface area contributed by atoms with Crippen molar-refractivity contribution in [2.45, 2.75) is 17.9 Å². The Morgan fingerprint density at radius 2 is 2.19 bits per heavy atom. The van der Waals surface area contributed by atoms with Gasteiger partial charge < -0.3 is 5.32 Å². The summed E-state index contributed by atoms with van der Waals surface area (Å²) in [5.41, 5.74) is 0.464. The minimum absolute atomic E-state index is 0.0324. The molecule has 0 unspecified atom stereocenters. The van der Waals surface area contributed by atoms with Crippen molar-refractivity contribution < 1.29 is 13.2 Å². The monoisotopic (exact) mass is 373 g/mol. The Balaban J connectivity index is 2.01. The van der Waals surface area contributed by atoms with Crippen molar-refractivity contribution in [3.63, 3.8) is 0 Å². The van der Waals surface area contributed by atoms with Gasteiger partial charge in [-0.25, -0.2) is 13.6 Å². The van der Waals surface area contributed by atoms with Crippen LogP contribution in [0.2, 0.25) is 0 Å². The van der Waals surface area contributed by atoms with Crippen LogP contribution < -0.4 is 10.5 Å². The highest BCUT2D eigenvalue weighted by molar-refractivity contribution is 9.10. The van der Waals surface area contributed by atoms with E-state index in [1.54, 1.807) is 10.9 Å². The highest BCUT2D eigenvalue weighted by Crippen LogP contribution is 2.25. The van der Waals surface area contributed by atoms with Gasteiger partial charge in [0.2, 0.25) is 15.9 Å². The fourth-order valence-corrected chi connectivity index (χ4v) is 2.72. The lowest BCUT2D eigenvalue weighted by Crippen LogP contribution is -2.16. The lowest BCUT2D eigenvalue weighted by Gasteiger charge is -2.08. The van der Waals surface area contributed by atoms with Crippen molar-refractivity contribution in [2.24, 2.45) is 5.14 Å². The van der Waals surface area contributed by atoms with Crippen LogP contribution in [0.5, 0.6) is 0 Å². The van der Waals surface area contributed by atoms with Gasteiger partial charge in [-0.3, -0.25) is 9.48 Å². The topological polar surface area (TPSA) is 120 Å². The number of sulfonamides is 1. The van der Waals surface area contributed by atoms with Gasteiger partial charge >= 0.3 is 0 Å². The summed E-state index contributed by atoms with van der Waals surface area (Å²) in [7, 11) is -3.77. The second-order valence-electron chi connectivity index (χ2n) is 4.15. The number of aryl methyl sites for hydroxylation is 1. The standard InChI is InChI=1S/C11H12BrN5O3S/c12-9-7-8(21(13,19)20)1-2-10(9)15-11(18)3-5-17-6-4-14-16-17/h1-2,4,6-7H,3,5H2,(H,15,18)(H2,13,19,20). The molecule has 0 saturated carbocycles. The molecule has 1 aromatic carbocycles. The maximum atomic E-state index is 11.8. The van der Waals surface area contributed by atoms with Gasteiger partial charge in [-0.05, 0) is 34.1 Å². The SMILES string of the molecule is NS(=O)(=O)c1ccc(NC(=O)CCn2ccnn2)c(Br)c1. The molecule has 3 N–H and O–H groups in total. The molecule has 0 aliphatic carbocycles. The first kappa shape index (κ1) is 15.6. The number of halogens is 1. The van der Waals surface area contributed by atoms with Crippen molar-refractivity contribution >= 4 is 37.5 Å². The molecule has 10 heteroatoms. The maximum absolute atomic E-state index is 11.8. The molecular weight excluding hydrogens is 362 g/mol. The normalized spacial score (nSPS) is 11.3. The van der Waals surface area contributed by atoms with Crippen LogP contribution in [0, 0.1) is 0 Å². The molecule has 1 aromatic heterocycles. The summed E-state index contributed by atoms with van der Waals surface area (Å²) in [6, 6.07) is 4.13. The number of nitrogens with zero attached hydrogens (tertiary/aromatic N) is 3. The van der Waals surface area contributed by atoms with Crippen LogP contribution in [0.25, 0.3) is 0 Å². The van der Waals surface area contributed by atoms with E-state index in [0.29, 0.717) is 16.7 Å². The number of anilines is 1. The predicted molar refractivity (Wildman–Crippen MR) is 78.8 cm³/mol. The first-order valence-corrected chi connectivity index (χ1v) is 8.16. The van der Waals surface area contributed by atoms with E-state index < -0.39 is 10.0 Å². The Morgan fingerprint density at radius 1 is 1.43 bits per heavy atom. The van der Waals surface area contributed by atoms with E-state index in [9.17, 15) is 13.2 Å². The largest absolute Gasteiger partial charge is 0.325 e. The third kappa shape index (κ3) is 4.34. The molecule has 2 aromatic rings. The van der Waals surface area contributed by atoms with Gasteiger partial charge in [0.25, 0.3) is 0 Å².